The van der Waals surface area contributed by atoms with Gasteiger partial charge in [0.25, 0.3) is 5.69 Å². The maximum Gasteiger partial charge on any atom is 0.270 e. The Labute approximate surface area is 163 Å². The highest BCUT2D eigenvalue weighted by Crippen LogP contribution is 2.29. The molecular formula is C15H23ClN4O6S. The van der Waals surface area contributed by atoms with Gasteiger partial charge in [0.15, 0.2) is 0 Å². The Kier molecular flexibility index (Phi) is 8.57. The zero-order valence-electron chi connectivity index (χ0n) is 14.5. The predicted octanol–water partition coefficient (Wildman–Crippen LogP) is 0.167. The van der Waals surface area contributed by atoms with Crippen molar-refractivity contribution >= 4 is 34.0 Å². The van der Waals surface area contributed by atoms with Gasteiger partial charge in [-0.1, -0.05) is 6.07 Å². The molecule has 0 saturated carbocycles. The third-order valence-electron chi connectivity index (χ3n) is 4.36. The van der Waals surface area contributed by atoms with Crippen LogP contribution in [0.2, 0.25) is 0 Å². The fourth-order valence-corrected chi connectivity index (χ4v) is 3.75. The van der Waals surface area contributed by atoms with Crippen molar-refractivity contribution in [2.45, 2.75) is 17.7 Å². The van der Waals surface area contributed by atoms with Gasteiger partial charge in [-0.3, -0.25) is 14.9 Å². The van der Waals surface area contributed by atoms with E-state index >= 15 is 0 Å². The van der Waals surface area contributed by atoms with Gasteiger partial charge in [0.2, 0.25) is 15.9 Å². The van der Waals surface area contributed by atoms with Crippen LogP contribution in [0, 0.1) is 15.5 Å². The average molecular weight is 423 g/mol. The van der Waals surface area contributed by atoms with E-state index in [-0.39, 0.29) is 48.5 Å². The molecule has 4 N–H and O–H groups in total. The highest BCUT2D eigenvalue weighted by Gasteiger charge is 2.38. The molecule has 10 nitrogen and oxygen atoms in total. The summed E-state index contributed by atoms with van der Waals surface area (Å²) in [4.78, 5) is 22.2. The van der Waals surface area contributed by atoms with Gasteiger partial charge in [0.1, 0.15) is 0 Å². The topological polar surface area (TPSA) is 154 Å². The largest absolute Gasteiger partial charge is 0.381 e. The van der Waals surface area contributed by atoms with Gasteiger partial charge in [-0.15, -0.1) is 12.4 Å². The average Bonchev–Trinajstić information content (AvgIpc) is 2.65. The first-order valence-electron chi connectivity index (χ1n) is 8.11. The minimum absolute atomic E-state index is 0. The molecule has 152 valence electrons. The number of rotatable bonds is 8. The number of hydrogen-bond acceptors (Lipinski definition) is 7. The number of ether oxygens (including phenoxy) is 1. The van der Waals surface area contributed by atoms with Crippen LogP contribution >= 0.6 is 12.4 Å². The third-order valence-corrected chi connectivity index (χ3v) is 5.82. The lowest BCUT2D eigenvalue weighted by Crippen LogP contribution is -2.50. The zero-order chi connectivity index (χ0) is 19.2. The van der Waals surface area contributed by atoms with Gasteiger partial charge >= 0.3 is 0 Å². The Balaban J connectivity index is 0.00000364. The molecule has 1 saturated heterocycles. The van der Waals surface area contributed by atoms with Crippen molar-refractivity contribution < 1.29 is 22.9 Å². The number of nitro benzene ring substituents is 1. The quantitative estimate of drug-likeness (QED) is 0.306. The van der Waals surface area contributed by atoms with E-state index in [2.05, 4.69) is 10.0 Å². The third kappa shape index (κ3) is 5.84. The molecule has 1 amide bonds. The Morgan fingerprint density at radius 2 is 1.96 bits per heavy atom. The second-order valence-corrected chi connectivity index (χ2v) is 7.77. The molecule has 27 heavy (non-hydrogen) atoms. The lowest BCUT2D eigenvalue weighted by Gasteiger charge is -2.34. The summed E-state index contributed by atoms with van der Waals surface area (Å²) in [6, 6.07) is 4.75. The predicted molar refractivity (Wildman–Crippen MR) is 100 cm³/mol. The van der Waals surface area contributed by atoms with Crippen LogP contribution in [0.15, 0.2) is 29.2 Å². The van der Waals surface area contributed by atoms with Crippen molar-refractivity contribution in [3.63, 3.8) is 0 Å². The number of nitrogens with one attached hydrogen (secondary N) is 2. The molecule has 1 aliphatic rings. The van der Waals surface area contributed by atoms with E-state index in [0.29, 0.717) is 26.1 Å². The summed E-state index contributed by atoms with van der Waals surface area (Å²) in [6.45, 7) is 1.15. The number of nitro groups is 1. The first-order chi connectivity index (χ1) is 12.3. The highest BCUT2D eigenvalue weighted by atomic mass is 35.5. The first-order valence-corrected chi connectivity index (χ1v) is 9.59. The van der Waals surface area contributed by atoms with Gasteiger partial charge in [0, 0.05) is 45.0 Å². The van der Waals surface area contributed by atoms with Gasteiger partial charge in [0.05, 0.1) is 15.2 Å². The van der Waals surface area contributed by atoms with Crippen molar-refractivity contribution in [1.82, 2.24) is 10.0 Å². The number of sulfonamides is 1. The lowest BCUT2D eigenvalue weighted by atomic mass is 9.79. The van der Waals surface area contributed by atoms with Crippen LogP contribution in [-0.4, -0.2) is 52.1 Å². The Morgan fingerprint density at radius 1 is 1.30 bits per heavy atom. The molecule has 0 atom stereocenters. The van der Waals surface area contributed by atoms with Gasteiger partial charge < -0.3 is 15.8 Å². The number of halogens is 1. The molecule has 0 aromatic heterocycles. The van der Waals surface area contributed by atoms with E-state index in [4.69, 9.17) is 10.5 Å². The molecule has 1 aliphatic heterocycles. The van der Waals surface area contributed by atoms with Crippen LogP contribution in [-0.2, 0) is 19.6 Å². The molecule has 1 aromatic rings. The van der Waals surface area contributed by atoms with Crippen LogP contribution < -0.4 is 15.8 Å². The number of nitrogens with two attached hydrogens (primary N) is 1. The van der Waals surface area contributed by atoms with E-state index in [1.165, 1.54) is 18.2 Å². The second kappa shape index (κ2) is 9.95. The van der Waals surface area contributed by atoms with E-state index in [1.807, 2.05) is 0 Å². The van der Waals surface area contributed by atoms with Gasteiger partial charge in [-0.2, -0.15) is 0 Å². The number of non-ortho nitro benzene ring substituents is 1. The fourth-order valence-electron chi connectivity index (χ4n) is 2.68. The number of benzene rings is 1. The van der Waals surface area contributed by atoms with E-state index in [1.54, 1.807) is 0 Å². The maximum atomic E-state index is 12.4. The molecule has 12 heteroatoms. The zero-order valence-corrected chi connectivity index (χ0v) is 16.2. The Bertz CT molecular complexity index is 767. The van der Waals surface area contributed by atoms with Crippen molar-refractivity contribution in [2.24, 2.45) is 11.1 Å². The standard InChI is InChI=1S/C15H22N4O6S.ClH/c16-11-15(4-8-25-9-5-15)14(20)17-6-7-18-26(23,24)13-3-1-2-12(10-13)19(21)22;/h1-3,10,18H,4-9,11,16H2,(H,17,20);1H. The second-order valence-electron chi connectivity index (χ2n) is 6.00. The summed E-state index contributed by atoms with van der Waals surface area (Å²) in [7, 11) is -3.91. The van der Waals surface area contributed by atoms with Gasteiger partial charge in [-0.25, -0.2) is 13.1 Å². The lowest BCUT2D eigenvalue weighted by molar-refractivity contribution is -0.385. The fraction of sp³-hybridized carbons (Fsp3) is 0.533. The SMILES string of the molecule is Cl.NCC1(C(=O)NCCNS(=O)(=O)c2cccc([N+](=O)[O-])c2)CCOCC1. The van der Waals surface area contributed by atoms with Crippen molar-refractivity contribution in [3.05, 3.63) is 34.4 Å². The molecule has 0 aliphatic carbocycles. The minimum Gasteiger partial charge on any atom is -0.381 e. The number of carbonyl (C=O) groups excluding carboxylic acids is 1. The molecule has 1 fully saturated rings. The molecule has 1 aromatic carbocycles. The highest BCUT2D eigenvalue weighted by molar-refractivity contribution is 7.89. The van der Waals surface area contributed by atoms with E-state index in [0.717, 1.165) is 6.07 Å². The van der Waals surface area contributed by atoms with Crippen LogP contribution in [0.4, 0.5) is 5.69 Å². The normalized spacial score (nSPS) is 16.2. The summed E-state index contributed by atoms with van der Waals surface area (Å²) in [5, 5.41) is 13.4. The molecule has 0 radical (unpaired) electrons. The number of hydrogen-bond donors (Lipinski definition) is 3. The molecule has 0 bridgehead atoms. The molecular weight excluding hydrogens is 400 g/mol. The summed E-state index contributed by atoms with van der Waals surface area (Å²) >= 11 is 0. The smallest absolute Gasteiger partial charge is 0.270 e. The monoisotopic (exact) mass is 422 g/mol. The number of carbonyl (C=O) groups is 1. The van der Waals surface area contributed by atoms with Crippen molar-refractivity contribution in [2.75, 3.05) is 32.8 Å². The van der Waals surface area contributed by atoms with Crippen LogP contribution in [0.25, 0.3) is 0 Å². The summed E-state index contributed by atoms with van der Waals surface area (Å²) < 4.78 is 31.9. The summed E-state index contributed by atoms with van der Waals surface area (Å²) in [5.74, 6) is -0.224. The summed E-state index contributed by atoms with van der Waals surface area (Å²) in [5.41, 5.74) is 4.75. The van der Waals surface area contributed by atoms with Crippen LogP contribution in [0.3, 0.4) is 0 Å². The van der Waals surface area contributed by atoms with Crippen LogP contribution in [0.5, 0.6) is 0 Å². The van der Waals surface area contributed by atoms with Crippen molar-refractivity contribution in [3.8, 4) is 0 Å². The molecule has 0 unspecified atom stereocenters. The molecule has 1 heterocycles. The van der Waals surface area contributed by atoms with Gasteiger partial charge in [-0.05, 0) is 18.9 Å². The summed E-state index contributed by atoms with van der Waals surface area (Å²) in [6.07, 6.45) is 1.05. The first kappa shape index (κ1) is 23.2. The van der Waals surface area contributed by atoms with E-state index < -0.39 is 20.4 Å². The van der Waals surface area contributed by atoms with Crippen molar-refractivity contribution in [1.29, 1.82) is 0 Å². The van der Waals surface area contributed by atoms with Crippen LogP contribution in [0.1, 0.15) is 12.8 Å². The Hall–Kier alpha value is -1.79. The van der Waals surface area contributed by atoms with E-state index in [9.17, 15) is 23.3 Å². The minimum atomic E-state index is -3.91. The number of nitrogens with zero attached hydrogens (tertiary/aromatic N) is 1. The molecule has 2 rings (SSSR count). The Morgan fingerprint density at radius 3 is 2.56 bits per heavy atom. The molecule has 0 spiro atoms. The number of amides is 1. The maximum absolute atomic E-state index is 12.4.